The molecule has 1 aromatic carbocycles. The normalized spacial score (nSPS) is 11.5. The predicted molar refractivity (Wildman–Crippen MR) is 65.8 cm³/mol. The summed E-state index contributed by atoms with van der Waals surface area (Å²) in [7, 11) is 0. The van der Waals surface area contributed by atoms with Crippen LogP contribution < -0.4 is 10.1 Å². The molecule has 17 heavy (non-hydrogen) atoms. The highest BCUT2D eigenvalue weighted by Gasteiger charge is 2.26. The fourth-order valence-corrected chi connectivity index (χ4v) is 1.50. The maximum atomic E-state index is 9.21. The Kier molecular flexibility index (Phi) is 5.41. The molecular weight excluding hydrogens is 218 g/mol. The average molecular weight is 240 g/mol. The van der Waals surface area contributed by atoms with Crippen LogP contribution in [0.1, 0.15) is 19.4 Å². The van der Waals surface area contributed by atoms with Crippen molar-refractivity contribution in [1.29, 1.82) is 0 Å². The topological polar surface area (TPSA) is 66.3 Å². The number of ether oxygens (including phenoxy) is 1. The van der Waals surface area contributed by atoms with E-state index >= 15 is 0 Å². The van der Waals surface area contributed by atoms with Crippen molar-refractivity contribution in [3.05, 3.63) is 29.8 Å². The van der Waals surface area contributed by atoms with E-state index in [-0.39, 0.29) is 13.2 Å². The molecule has 4 nitrogen and oxygen atoms in total. The van der Waals surface area contributed by atoms with Crippen LogP contribution >= 0.6 is 0 Å². The molecule has 4 N–H and O–H groups in total. The SMILES string of the molecule is CCOc1ccccc1C[NH2+]C(C)(CO)CO. The number of hydrogen-bond donors (Lipinski definition) is 3. The van der Waals surface area contributed by atoms with Gasteiger partial charge in [0.1, 0.15) is 17.8 Å². The molecule has 0 fully saturated rings. The molecule has 0 aromatic heterocycles. The van der Waals surface area contributed by atoms with Crippen molar-refractivity contribution < 1.29 is 20.3 Å². The summed E-state index contributed by atoms with van der Waals surface area (Å²) in [5, 5.41) is 20.4. The van der Waals surface area contributed by atoms with E-state index in [1.165, 1.54) is 0 Å². The van der Waals surface area contributed by atoms with Crippen molar-refractivity contribution in [2.45, 2.75) is 25.9 Å². The standard InChI is InChI=1S/C13H21NO3/c1-3-17-12-7-5-4-6-11(12)8-14-13(2,9-15)10-16/h4-7,14-16H,3,8-10H2,1-2H3/p+1. The molecule has 0 heterocycles. The summed E-state index contributed by atoms with van der Waals surface area (Å²) in [6.07, 6.45) is 0. The van der Waals surface area contributed by atoms with Gasteiger partial charge in [0.25, 0.3) is 0 Å². The molecule has 0 spiro atoms. The number of aliphatic hydroxyl groups is 2. The molecule has 0 aliphatic rings. The minimum absolute atomic E-state index is 0.0553. The zero-order chi connectivity index (χ0) is 12.7. The summed E-state index contributed by atoms with van der Waals surface area (Å²) in [6.45, 7) is 4.98. The minimum atomic E-state index is -0.542. The molecule has 0 saturated heterocycles. The number of hydrogen-bond acceptors (Lipinski definition) is 3. The molecule has 0 saturated carbocycles. The van der Waals surface area contributed by atoms with Crippen molar-refractivity contribution in [3.63, 3.8) is 0 Å². The molecule has 0 radical (unpaired) electrons. The zero-order valence-electron chi connectivity index (χ0n) is 10.5. The third-order valence-electron chi connectivity index (χ3n) is 2.81. The van der Waals surface area contributed by atoms with E-state index in [2.05, 4.69) is 0 Å². The monoisotopic (exact) mass is 240 g/mol. The van der Waals surface area contributed by atoms with Crippen LogP contribution in [0.15, 0.2) is 24.3 Å². The molecule has 0 amide bonds. The molecule has 0 bridgehead atoms. The number of quaternary nitrogens is 1. The van der Waals surface area contributed by atoms with Crippen LogP contribution in [0.25, 0.3) is 0 Å². The Morgan fingerprint density at radius 2 is 1.88 bits per heavy atom. The predicted octanol–water partition coefficient (Wildman–Crippen LogP) is -0.108. The van der Waals surface area contributed by atoms with Crippen molar-refractivity contribution >= 4 is 0 Å². The molecule has 96 valence electrons. The van der Waals surface area contributed by atoms with E-state index in [0.29, 0.717) is 13.2 Å². The molecule has 0 aliphatic carbocycles. The number of benzene rings is 1. The second kappa shape index (κ2) is 6.59. The highest BCUT2D eigenvalue weighted by Crippen LogP contribution is 2.16. The lowest BCUT2D eigenvalue weighted by atomic mass is 10.0. The summed E-state index contributed by atoms with van der Waals surface area (Å²) in [5.74, 6) is 0.865. The summed E-state index contributed by atoms with van der Waals surface area (Å²) < 4.78 is 5.52. The van der Waals surface area contributed by atoms with Crippen molar-refractivity contribution in [2.75, 3.05) is 19.8 Å². The van der Waals surface area contributed by atoms with E-state index in [9.17, 15) is 10.2 Å². The molecule has 0 atom stereocenters. The first-order chi connectivity index (χ1) is 8.15. The zero-order valence-corrected chi connectivity index (χ0v) is 10.5. The minimum Gasteiger partial charge on any atom is -0.493 e. The van der Waals surface area contributed by atoms with Gasteiger partial charge in [-0.1, -0.05) is 12.1 Å². The van der Waals surface area contributed by atoms with Crippen LogP contribution in [0.3, 0.4) is 0 Å². The van der Waals surface area contributed by atoms with Crippen LogP contribution in [0.5, 0.6) is 5.75 Å². The van der Waals surface area contributed by atoms with Crippen molar-refractivity contribution in [1.82, 2.24) is 0 Å². The second-order valence-electron chi connectivity index (χ2n) is 4.42. The van der Waals surface area contributed by atoms with Gasteiger partial charge in [0, 0.05) is 5.56 Å². The quantitative estimate of drug-likeness (QED) is 0.623. The number of rotatable bonds is 7. The van der Waals surface area contributed by atoms with E-state index in [4.69, 9.17) is 4.74 Å². The lowest BCUT2D eigenvalue weighted by molar-refractivity contribution is -0.741. The van der Waals surface area contributed by atoms with Gasteiger partial charge in [-0.15, -0.1) is 0 Å². The first-order valence-electron chi connectivity index (χ1n) is 5.92. The smallest absolute Gasteiger partial charge is 0.140 e. The van der Waals surface area contributed by atoms with Gasteiger partial charge >= 0.3 is 0 Å². The Balaban J connectivity index is 2.68. The Morgan fingerprint density at radius 1 is 1.24 bits per heavy atom. The van der Waals surface area contributed by atoms with Gasteiger partial charge < -0.3 is 20.3 Å². The van der Waals surface area contributed by atoms with Crippen LogP contribution in [-0.2, 0) is 6.54 Å². The van der Waals surface area contributed by atoms with Gasteiger partial charge in [0.2, 0.25) is 0 Å². The Hall–Kier alpha value is -1.10. The Labute approximate surface area is 102 Å². The van der Waals surface area contributed by atoms with Crippen LogP contribution in [0, 0.1) is 0 Å². The maximum Gasteiger partial charge on any atom is 0.140 e. The Morgan fingerprint density at radius 3 is 2.47 bits per heavy atom. The molecule has 1 rings (SSSR count). The first kappa shape index (κ1) is 14.0. The maximum absolute atomic E-state index is 9.21. The van der Waals surface area contributed by atoms with Crippen molar-refractivity contribution in [3.8, 4) is 5.75 Å². The van der Waals surface area contributed by atoms with Gasteiger partial charge in [-0.05, 0) is 26.0 Å². The summed E-state index contributed by atoms with van der Waals surface area (Å²) >= 11 is 0. The average Bonchev–Trinajstić information content (AvgIpc) is 2.38. The lowest BCUT2D eigenvalue weighted by Gasteiger charge is -2.23. The summed E-state index contributed by atoms with van der Waals surface area (Å²) in [6, 6.07) is 7.82. The molecule has 0 unspecified atom stereocenters. The van der Waals surface area contributed by atoms with Crippen LogP contribution in [-0.4, -0.2) is 35.6 Å². The molecule has 0 aliphatic heterocycles. The van der Waals surface area contributed by atoms with Gasteiger partial charge in [-0.3, -0.25) is 0 Å². The van der Waals surface area contributed by atoms with Gasteiger partial charge in [0.05, 0.1) is 19.8 Å². The number of aliphatic hydroxyl groups excluding tert-OH is 2. The fraction of sp³-hybridized carbons (Fsp3) is 0.538. The largest absolute Gasteiger partial charge is 0.493 e. The summed E-state index contributed by atoms with van der Waals surface area (Å²) in [4.78, 5) is 0. The molecule has 1 aromatic rings. The van der Waals surface area contributed by atoms with E-state index in [1.54, 1.807) is 0 Å². The van der Waals surface area contributed by atoms with Crippen LogP contribution in [0.2, 0.25) is 0 Å². The first-order valence-corrected chi connectivity index (χ1v) is 5.92. The second-order valence-corrected chi connectivity index (χ2v) is 4.42. The summed E-state index contributed by atoms with van der Waals surface area (Å²) in [5.41, 5.74) is 0.529. The number of nitrogens with two attached hydrogens (primary N) is 1. The number of para-hydroxylation sites is 1. The molecular formula is C13H22NO3+. The fourth-order valence-electron chi connectivity index (χ4n) is 1.50. The lowest BCUT2D eigenvalue weighted by Crippen LogP contribution is -2.97. The van der Waals surface area contributed by atoms with E-state index < -0.39 is 5.54 Å². The van der Waals surface area contributed by atoms with Gasteiger partial charge in [-0.2, -0.15) is 0 Å². The van der Waals surface area contributed by atoms with E-state index in [0.717, 1.165) is 11.3 Å². The third-order valence-corrected chi connectivity index (χ3v) is 2.81. The molecule has 4 heteroatoms. The van der Waals surface area contributed by atoms with E-state index in [1.807, 2.05) is 43.4 Å². The highest BCUT2D eigenvalue weighted by atomic mass is 16.5. The van der Waals surface area contributed by atoms with Crippen LogP contribution in [0.4, 0.5) is 0 Å². The van der Waals surface area contributed by atoms with Gasteiger partial charge in [0.15, 0.2) is 0 Å². The highest BCUT2D eigenvalue weighted by molar-refractivity contribution is 5.32. The Bertz CT molecular complexity index is 337. The van der Waals surface area contributed by atoms with Gasteiger partial charge in [-0.25, -0.2) is 0 Å². The third kappa shape index (κ3) is 4.00. The van der Waals surface area contributed by atoms with Crippen molar-refractivity contribution in [2.24, 2.45) is 0 Å².